The molecule has 0 radical (unpaired) electrons. The smallest absolute Gasteiger partial charge is 0.407 e. The fourth-order valence-electron chi connectivity index (χ4n) is 4.13. The van der Waals surface area contributed by atoms with E-state index >= 15 is 0 Å². The molecule has 2 amide bonds. The quantitative estimate of drug-likeness (QED) is 0.607. The molecule has 1 aliphatic heterocycles. The van der Waals surface area contributed by atoms with Crippen molar-refractivity contribution in [1.82, 2.24) is 15.5 Å². The molecular weight excluding hydrogens is 417 g/mol. The van der Waals surface area contributed by atoms with Gasteiger partial charge in [-0.05, 0) is 29.8 Å². The van der Waals surface area contributed by atoms with Gasteiger partial charge in [0.2, 0.25) is 0 Å². The van der Waals surface area contributed by atoms with E-state index in [2.05, 4.69) is 20.4 Å². The van der Waals surface area contributed by atoms with Gasteiger partial charge >= 0.3 is 6.09 Å². The molecule has 1 saturated carbocycles. The zero-order valence-corrected chi connectivity index (χ0v) is 16.9. The van der Waals surface area contributed by atoms with E-state index < -0.39 is 12.0 Å². The fourth-order valence-corrected chi connectivity index (χ4v) is 4.13. The zero-order valence-electron chi connectivity index (χ0n) is 16.9. The number of carbonyl (C=O) groups is 2. The third-order valence-corrected chi connectivity index (χ3v) is 5.88. The molecule has 5 rings (SSSR count). The standard InChI is InChI=1S/C22H20FN5O4/c23-14-4-1-12(2-5-14)13-3-6-19(25-8-13)28-9-16-17(10-28)20(16)26-22(30)31-11-15-7-18(21(24)29)27-32-15/h1-8,16-17,20H,9-11H2,(H2,24,29)(H,26,30). The number of nitrogens with two attached hydrogens (primary N) is 1. The topological polar surface area (TPSA) is 124 Å². The number of fused-ring (bicyclic) bond motifs is 1. The number of primary amides is 1. The van der Waals surface area contributed by atoms with Crippen molar-refractivity contribution in [3.63, 3.8) is 0 Å². The Balaban J connectivity index is 1.09. The van der Waals surface area contributed by atoms with Crippen LogP contribution in [0.5, 0.6) is 0 Å². The summed E-state index contributed by atoms with van der Waals surface area (Å²) in [6, 6.07) is 11.6. The number of halogens is 1. The van der Waals surface area contributed by atoms with Gasteiger partial charge in [-0.3, -0.25) is 4.79 Å². The molecular formula is C22H20FN5O4. The Bertz CT molecular complexity index is 1140. The van der Waals surface area contributed by atoms with Crippen LogP contribution in [0.25, 0.3) is 11.1 Å². The van der Waals surface area contributed by atoms with Crippen molar-refractivity contribution in [2.75, 3.05) is 18.0 Å². The number of ether oxygens (including phenoxy) is 1. The molecule has 164 valence electrons. The molecule has 2 unspecified atom stereocenters. The molecule has 0 spiro atoms. The van der Waals surface area contributed by atoms with Gasteiger partial charge < -0.3 is 25.2 Å². The molecule has 2 atom stereocenters. The average molecular weight is 437 g/mol. The van der Waals surface area contributed by atoms with Crippen LogP contribution in [0.3, 0.4) is 0 Å². The first-order valence-electron chi connectivity index (χ1n) is 10.1. The highest BCUT2D eigenvalue weighted by atomic mass is 19.1. The lowest BCUT2D eigenvalue weighted by atomic mass is 10.1. The summed E-state index contributed by atoms with van der Waals surface area (Å²) in [7, 11) is 0. The molecule has 9 nitrogen and oxygen atoms in total. The van der Waals surface area contributed by atoms with Crippen LogP contribution in [0, 0.1) is 17.7 Å². The van der Waals surface area contributed by atoms with Crippen LogP contribution in [0.4, 0.5) is 15.0 Å². The maximum atomic E-state index is 13.1. The number of aromatic nitrogens is 2. The highest BCUT2D eigenvalue weighted by Crippen LogP contribution is 2.46. The minimum atomic E-state index is -0.709. The Morgan fingerprint density at radius 1 is 1.16 bits per heavy atom. The molecule has 3 heterocycles. The minimum absolute atomic E-state index is 0.0138. The second kappa shape index (κ2) is 7.95. The summed E-state index contributed by atoms with van der Waals surface area (Å²) in [4.78, 5) is 29.8. The summed E-state index contributed by atoms with van der Waals surface area (Å²) < 4.78 is 23.1. The summed E-state index contributed by atoms with van der Waals surface area (Å²) in [5.41, 5.74) is 6.92. The molecule has 2 aliphatic rings. The van der Waals surface area contributed by atoms with Gasteiger partial charge in [-0.15, -0.1) is 0 Å². The number of piperidine rings is 1. The van der Waals surface area contributed by atoms with E-state index in [0.29, 0.717) is 11.8 Å². The number of hydrogen-bond acceptors (Lipinski definition) is 7. The van der Waals surface area contributed by atoms with Gasteiger partial charge in [0.1, 0.15) is 11.6 Å². The molecule has 1 aliphatic carbocycles. The maximum Gasteiger partial charge on any atom is 0.407 e. The molecule has 3 N–H and O–H groups in total. The second-order valence-corrected chi connectivity index (χ2v) is 7.93. The summed E-state index contributed by atoms with van der Waals surface area (Å²) >= 11 is 0. The van der Waals surface area contributed by atoms with Gasteiger partial charge in [0.25, 0.3) is 5.91 Å². The lowest BCUT2D eigenvalue weighted by Gasteiger charge is -2.21. The number of rotatable bonds is 6. The van der Waals surface area contributed by atoms with Crippen molar-refractivity contribution < 1.29 is 23.2 Å². The van der Waals surface area contributed by atoms with E-state index in [9.17, 15) is 14.0 Å². The zero-order chi connectivity index (χ0) is 22.2. The minimum Gasteiger partial charge on any atom is -0.441 e. The highest BCUT2D eigenvalue weighted by Gasteiger charge is 2.57. The predicted molar refractivity (Wildman–Crippen MR) is 111 cm³/mol. The first kappa shape index (κ1) is 20.0. The predicted octanol–water partition coefficient (Wildman–Crippen LogP) is 2.34. The third kappa shape index (κ3) is 3.98. The number of carbonyl (C=O) groups excluding carboxylic acids is 2. The number of anilines is 1. The van der Waals surface area contributed by atoms with Crippen molar-refractivity contribution in [3.05, 3.63) is 65.9 Å². The van der Waals surface area contributed by atoms with Crippen LogP contribution in [-0.4, -0.2) is 41.3 Å². The molecule has 1 aromatic carbocycles. The van der Waals surface area contributed by atoms with Gasteiger partial charge in [0.05, 0.1) is 0 Å². The Morgan fingerprint density at radius 2 is 1.88 bits per heavy atom. The summed E-state index contributed by atoms with van der Waals surface area (Å²) in [6.45, 7) is 1.45. The highest BCUT2D eigenvalue weighted by molar-refractivity contribution is 5.90. The molecule has 2 aromatic heterocycles. The van der Waals surface area contributed by atoms with Crippen molar-refractivity contribution in [2.24, 2.45) is 17.6 Å². The molecule has 0 bridgehead atoms. The summed E-state index contributed by atoms with van der Waals surface area (Å²) in [5.74, 6) is 0.822. The number of nitrogens with one attached hydrogen (secondary N) is 1. The van der Waals surface area contributed by atoms with E-state index in [-0.39, 0.29) is 29.9 Å². The van der Waals surface area contributed by atoms with Crippen molar-refractivity contribution >= 4 is 17.8 Å². The monoisotopic (exact) mass is 437 g/mol. The molecule has 32 heavy (non-hydrogen) atoms. The van der Waals surface area contributed by atoms with E-state index in [1.165, 1.54) is 18.2 Å². The summed E-state index contributed by atoms with van der Waals surface area (Å²) in [5, 5.41) is 6.36. The number of benzene rings is 1. The van der Waals surface area contributed by atoms with Crippen LogP contribution in [0.2, 0.25) is 0 Å². The van der Waals surface area contributed by atoms with Crippen molar-refractivity contribution in [1.29, 1.82) is 0 Å². The lowest BCUT2D eigenvalue weighted by Crippen LogP contribution is -2.35. The van der Waals surface area contributed by atoms with Crippen LogP contribution in [0.1, 0.15) is 16.2 Å². The summed E-state index contributed by atoms with van der Waals surface area (Å²) in [6.07, 6.45) is 1.24. The van der Waals surface area contributed by atoms with Crippen molar-refractivity contribution in [2.45, 2.75) is 12.6 Å². The van der Waals surface area contributed by atoms with Gasteiger partial charge in [0, 0.05) is 48.8 Å². The molecule has 3 aromatic rings. The second-order valence-electron chi connectivity index (χ2n) is 7.93. The van der Waals surface area contributed by atoms with E-state index in [0.717, 1.165) is 30.0 Å². The largest absolute Gasteiger partial charge is 0.441 e. The first-order valence-corrected chi connectivity index (χ1v) is 10.1. The Hall–Kier alpha value is -3.95. The van der Waals surface area contributed by atoms with Crippen molar-refractivity contribution in [3.8, 4) is 11.1 Å². The number of alkyl carbamates (subject to hydrolysis) is 1. The van der Waals surface area contributed by atoms with Gasteiger partial charge in [0.15, 0.2) is 18.1 Å². The first-order chi connectivity index (χ1) is 15.5. The van der Waals surface area contributed by atoms with E-state index in [4.69, 9.17) is 15.0 Å². The van der Waals surface area contributed by atoms with Gasteiger partial charge in [-0.25, -0.2) is 14.2 Å². The van der Waals surface area contributed by atoms with Crippen LogP contribution < -0.4 is 16.0 Å². The normalized spacial score (nSPS) is 21.2. The lowest BCUT2D eigenvalue weighted by molar-refractivity contribution is 0.0989. The average Bonchev–Trinajstić information content (AvgIpc) is 3.19. The number of hydrogen-bond donors (Lipinski definition) is 2. The van der Waals surface area contributed by atoms with Gasteiger partial charge in [-0.2, -0.15) is 0 Å². The Kier molecular flexibility index (Phi) is 4.96. The fraction of sp³-hybridized carbons (Fsp3) is 0.273. The maximum absolute atomic E-state index is 13.1. The third-order valence-electron chi connectivity index (χ3n) is 5.88. The molecule has 10 heteroatoms. The number of amides is 2. The van der Waals surface area contributed by atoms with Crippen LogP contribution in [-0.2, 0) is 11.3 Å². The Labute approximate surface area is 182 Å². The molecule has 2 fully saturated rings. The number of nitrogens with zero attached hydrogens (tertiary/aromatic N) is 3. The Morgan fingerprint density at radius 3 is 2.50 bits per heavy atom. The van der Waals surface area contributed by atoms with Crippen LogP contribution >= 0.6 is 0 Å². The SMILES string of the molecule is NC(=O)c1cc(COC(=O)NC2C3CN(c4ccc(-c5ccc(F)cc5)cn4)CC32)on1. The molecule has 1 saturated heterocycles. The number of pyridine rings is 1. The van der Waals surface area contributed by atoms with Gasteiger partial charge in [-0.1, -0.05) is 17.3 Å². The van der Waals surface area contributed by atoms with E-state index in [1.54, 1.807) is 18.3 Å². The van der Waals surface area contributed by atoms with E-state index in [1.807, 2.05) is 12.1 Å². The van der Waals surface area contributed by atoms with Crippen LogP contribution in [0.15, 0.2) is 53.2 Å².